The van der Waals surface area contributed by atoms with E-state index >= 15 is 9.59 Å². The molecule has 0 saturated heterocycles. The number of hydrogen-bond acceptors (Lipinski definition) is 22. The summed E-state index contributed by atoms with van der Waals surface area (Å²) in [7, 11) is 0. The number of aliphatic carboxylic acids is 1. The van der Waals surface area contributed by atoms with Gasteiger partial charge in [-0.3, -0.25) is 57.5 Å². The van der Waals surface area contributed by atoms with Crippen LogP contribution in [0, 0.1) is 5.92 Å². The number of thioether (sulfide) groups is 1. The number of para-hydroxylation sites is 1. The molecule has 4 aromatic carbocycles. The molecular formula is C79H105N19O18S. The fourth-order valence-corrected chi connectivity index (χ4v) is 13.0. The molecule has 0 spiro atoms. The summed E-state index contributed by atoms with van der Waals surface area (Å²) in [6.07, 6.45) is 4.12. The van der Waals surface area contributed by atoms with Crippen molar-refractivity contribution in [3.05, 3.63) is 168 Å². The summed E-state index contributed by atoms with van der Waals surface area (Å²) in [6.45, 7) is 5.87. The average molecular weight is 1640 g/mol. The number of hydrogen-bond donors (Lipinski definition) is 22. The number of aliphatic hydroxyl groups is 2. The first-order valence-corrected chi connectivity index (χ1v) is 39.5. The van der Waals surface area contributed by atoms with Crippen LogP contribution in [-0.4, -0.2) is 231 Å². The maximum absolute atomic E-state index is 15.3. The first kappa shape index (κ1) is 91.9. The number of nitrogens with two attached hydrogens (primary N) is 3. The zero-order chi connectivity index (χ0) is 85.4. The minimum Gasteiger partial charge on any atom is -0.508 e. The van der Waals surface area contributed by atoms with Crippen LogP contribution >= 0.6 is 11.8 Å². The van der Waals surface area contributed by atoms with Crippen LogP contribution in [0.15, 0.2) is 134 Å². The van der Waals surface area contributed by atoms with Crippen molar-refractivity contribution in [3.8, 4) is 11.5 Å². The number of carboxylic acids is 1. The highest BCUT2D eigenvalue weighted by Gasteiger charge is 2.40. The molecular weight excluding hydrogens is 1540 g/mol. The molecule has 3 heterocycles. The second kappa shape index (κ2) is 45.7. The van der Waals surface area contributed by atoms with Gasteiger partial charge in [-0.2, -0.15) is 11.8 Å². The topological polar surface area (TPSA) is 607 Å². The van der Waals surface area contributed by atoms with Crippen LogP contribution in [-0.2, 0) is 101 Å². The molecule has 630 valence electrons. The number of aliphatic hydroxyl groups excluding tert-OH is 2. The van der Waals surface area contributed by atoms with Gasteiger partial charge >= 0.3 is 5.97 Å². The maximum atomic E-state index is 15.3. The summed E-state index contributed by atoms with van der Waals surface area (Å²) < 4.78 is 0. The number of carboxylic acid groups (broad SMARTS) is 1. The Labute approximate surface area is 678 Å². The smallest absolute Gasteiger partial charge is 0.328 e. The van der Waals surface area contributed by atoms with Gasteiger partial charge in [0, 0.05) is 85.8 Å². The minimum atomic E-state index is -1.94. The van der Waals surface area contributed by atoms with Crippen molar-refractivity contribution in [1.29, 1.82) is 0 Å². The lowest BCUT2D eigenvalue weighted by molar-refractivity contribution is -0.145. The largest absolute Gasteiger partial charge is 0.508 e. The summed E-state index contributed by atoms with van der Waals surface area (Å²) in [5.41, 5.74) is 20.5. The van der Waals surface area contributed by atoms with Gasteiger partial charge in [-0.05, 0) is 117 Å². The summed E-state index contributed by atoms with van der Waals surface area (Å²) in [5.74, 6) is -13.8. The highest BCUT2D eigenvalue weighted by molar-refractivity contribution is 7.98. The van der Waals surface area contributed by atoms with Crippen molar-refractivity contribution in [1.82, 2.24) is 83.4 Å². The van der Waals surface area contributed by atoms with E-state index in [1.165, 1.54) is 85.3 Å². The molecule has 117 heavy (non-hydrogen) atoms. The monoisotopic (exact) mass is 1640 g/mol. The number of nitrogens with one attached hydrogen (secondary N) is 14. The number of aromatic nitrogens is 5. The van der Waals surface area contributed by atoms with E-state index in [0.717, 1.165) is 13.8 Å². The third-order valence-electron chi connectivity index (χ3n) is 19.1. The van der Waals surface area contributed by atoms with Crippen molar-refractivity contribution in [2.24, 2.45) is 23.1 Å². The standard InChI is InChI=1S/C79H105N19O18S/c1-42(2)65(96-76(112)63(36-50-39-84-41-87-50)90-68(104)54(81)16-11-12-29-80)77(113)89-56(26-27-64(82)103)69(105)91-59(32-46-18-22-51(101)23-19-46)72(108)94-61(34-48-37-85-55-17-10-9-15-53(48)55)75(111)97-66(43(3)99)78(114)95-62(35-49-38-83-40-86-49)73(109)88-57(28-30-117-5)70(106)92-58(31-45-13-7-6-8-14-45)71(107)93-60(33-47-20-24-52(102)25-21-47)74(110)98-67(44(4)100)79(115)116/h6-10,13-15,17-25,37-44,54,56-63,65-67,85,99-102H,11-12,16,26-36,80-81H2,1-5H3,(H2,82,103)(H,83,86)(H,84,87)(H,88,109)(H,89,113)(H,90,104)(H,91,105)(H,92,106)(H,93,107)(H,94,108)(H,95,114)(H,96,112)(H,97,111)(H,98,110)(H,115,116)/t43-,44-,54+,56+,57+,58+,59+,60+,61+,62+,63+,65+,66+,67+/m1/s1. The summed E-state index contributed by atoms with van der Waals surface area (Å²) in [4.78, 5) is 202. The van der Waals surface area contributed by atoms with Crippen molar-refractivity contribution < 1.29 is 87.9 Å². The van der Waals surface area contributed by atoms with Crippen molar-refractivity contribution in [3.63, 3.8) is 0 Å². The number of primary amides is 1. The predicted octanol–water partition coefficient (Wildman–Crippen LogP) is -1.91. The number of imidazole rings is 2. The van der Waals surface area contributed by atoms with Gasteiger partial charge in [0.2, 0.25) is 70.9 Å². The van der Waals surface area contributed by atoms with Crippen LogP contribution in [0.1, 0.15) is 99.9 Å². The van der Waals surface area contributed by atoms with Gasteiger partial charge in [0.1, 0.15) is 71.9 Å². The van der Waals surface area contributed by atoms with Crippen molar-refractivity contribution in [2.45, 2.75) is 189 Å². The Balaban J connectivity index is 1.15. The van der Waals surface area contributed by atoms with E-state index in [9.17, 15) is 78.3 Å². The van der Waals surface area contributed by atoms with E-state index in [1.807, 2.05) is 0 Å². The van der Waals surface area contributed by atoms with Crippen molar-refractivity contribution in [2.75, 3.05) is 18.6 Å². The molecule has 0 aliphatic rings. The minimum absolute atomic E-state index is 0.0840. The number of aromatic amines is 3. The van der Waals surface area contributed by atoms with Gasteiger partial charge in [0.25, 0.3) is 0 Å². The number of amides is 12. The Hall–Kier alpha value is -12.3. The predicted molar refractivity (Wildman–Crippen MR) is 430 cm³/mol. The molecule has 0 saturated carbocycles. The number of benzene rings is 4. The maximum Gasteiger partial charge on any atom is 0.328 e. The number of unbranched alkanes of at least 4 members (excludes halogenated alkanes) is 1. The Morgan fingerprint density at radius 3 is 1.28 bits per heavy atom. The number of H-pyrrole nitrogens is 3. The number of fused-ring (bicyclic) bond motifs is 1. The number of aromatic hydroxyl groups is 2. The van der Waals surface area contributed by atoms with Crippen LogP contribution in [0.2, 0.25) is 0 Å². The van der Waals surface area contributed by atoms with E-state index in [-0.39, 0.29) is 74.3 Å². The lowest BCUT2D eigenvalue weighted by atomic mass is 9.99. The summed E-state index contributed by atoms with van der Waals surface area (Å²) >= 11 is 1.29. The van der Waals surface area contributed by atoms with Crippen LogP contribution in [0.4, 0.5) is 0 Å². The summed E-state index contributed by atoms with van der Waals surface area (Å²) in [6, 6.07) is 7.73. The zero-order valence-electron chi connectivity index (χ0n) is 65.3. The Morgan fingerprint density at radius 1 is 0.436 bits per heavy atom. The van der Waals surface area contributed by atoms with Crippen LogP contribution in [0.5, 0.6) is 11.5 Å². The lowest BCUT2D eigenvalue weighted by Gasteiger charge is -2.29. The Morgan fingerprint density at radius 2 is 0.829 bits per heavy atom. The van der Waals surface area contributed by atoms with Gasteiger partial charge in [0.05, 0.1) is 30.9 Å². The first-order chi connectivity index (χ1) is 55.8. The molecule has 0 unspecified atom stereocenters. The van der Waals surface area contributed by atoms with Crippen LogP contribution in [0.25, 0.3) is 10.9 Å². The van der Waals surface area contributed by atoms with E-state index in [0.29, 0.717) is 58.2 Å². The van der Waals surface area contributed by atoms with E-state index < -0.39 is 180 Å². The Bertz CT molecular complexity index is 4460. The number of phenolic OH excluding ortho intramolecular Hbond substituents is 2. The zero-order valence-corrected chi connectivity index (χ0v) is 66.2. The molecule has 0 aliphatic heterocycles. The molecule has 7 aromatic rings. The fraction of sp³-hybridized carbons (Fsp3) is 0.430. The van der Waals surface area contributed by atoms with E-state index in [2.05, 4.69) is 83.4 Å². The van der Waals surface area contributed by atoms with Crippen LogP contribution < -0.4 is 75.7 Å². The highest BCUT2D eigenvalue weighted by Crippen LogP contribution is 2.22. The van der Waals surface area contributed by atoms with E-state index in [4.69, 9.17) is 17.2 Å². The summed E-state index contributed by atoms with van der Waals surface area (Å²) in [5, 5.41) is 81.2. The number of nitrogens with zero attached hydrogens (tertiary/aromatic N) is 2. The molecule has 0 fully saturated rings. The molecule has 37 nitrogen and oxygen atoms in total. The molecule has 0 bridgehead atoms. The molecule has 12 amide bonds. The molecule has 38 heteroatoms. The lowest BCUT2D eigenvalue weighted by Crippen LogP contribution is -2.63. The molecule has 0 aliphatic carbocycles. The first-order valence-electron chi connectivity index (χ1n) is 38.1. The van der Waals surface area contributed by atoms with E-state index in [1.54, 1.807) is 80.9 Å². The van der Waals surface area contributed by atoms with Crippen molar-refractivity contribution >= 4 is 99.5 Å². The molecule has 0 radical (unpaired) electrons. The third-order valence-corrected chi connectivity index (χ3v) is 19.8. The average Bonchev–Trinajstić information content (AvgIpc) is 1.80. The number of phenols is 2. The quantitative estimate of drug-likeness (QED) is 0.0185. The number of carbonyl (C=O) groups is 13. The second-order valence-electron chi connectivity index (χ2n) is 28.7. The molecule has 14 atom stereocenters. The molecule has 7 rings (SSSR count). The third kappa shape index (κ3) is 29.2. The van der Waals surface area contributed by atoms with Gasteiger partial charge < -0.3 is 116 Å². The second-order valence-corrected chi connectivity index (χ2v) is 29.7. The molecule has 25 N–H and O–H groups in total. The fourth-order valence-electron chi connectivity index (χ4n) is 12.5. The highest BCUT2D eigenvalue weighted by atomic mass is 32.2. The van der Waals surface area contributed by atoms with Gasteiger partial charge in [-0.1, -0.05) is 93.1 Å². The van der Waals surface area contributed by atoms with Gasteiger partial charge in [0.15, 0.2) is 6.04 Å². The number of carbonyl (C=O) groups excluding carboxylic acids is 12. The van der Waals surface area contributed by atoms with Gasteiger partial charge in [-0.25, -0.2) is 14.8 Å². The molecule has 3 aromatic heterocycles. The van der Waals surface area contributed by atoms with Crippen LogP contribution in [0.3, 0.4) is 0 Å². The normalized spacial score (nSPS) is 14.9. The SMILES string of the molecule is CSCC[C@H](NC(=O)[C@H](Cc1cnc[nH]1)NC(=O)[C@@H](NC(=O)[C@H](Cc1c[nH]c2ccccc12)NC(=O)[C@H](Cc1ccc(O)cc1)NC(=O)[C@H](CCC(N)=O)NC(=O)[C@@H](NC(=O)[C@H](Cc1cnc[nH]1)NC(=O)[C@@H](N)CCCCN)C(C)C)[C@@H](C)O)C(=O)N[C@@H](Cc1ccccc1)C(=O)N[C@@H](Cc1ccc(O)cc1)C(=O)N[C@H](C(=O)O)[C@@H](C)O. The van der Waals surface area contributed by atoms with Gasteiger partial charge in [-0.15, -0.1) is 0 Å². The number of rotatable bonds is 48. The Kier molecular flexibility index (Phi) is 35.9.